The van der Waals surface area contributed by atoms with Crippen molar-refractivity contribution < 1.29 is 14.3 Å². The van der Waals surface area contributed by atoms with E-state index in [1.165, 1.54) is 0 Å². The molecular weight excluding hydrogens is 298 g/mol. The van der Waals surface area contributed by atoms with E-state index in [1.807, 2.05) is 6.07 Å². The summed E-state index contributed by atoms with van der Waals surface area (Å²) in [5.74, 6) is -0.529. The summed E-state index contributed by atoms with van der Waals surface area (Å²) in [7, 11) is 0. The van der Waals surface area contributed by atoms with Crippen LogP contribution in [0.5, 0.6) is 0 Å². The Balaban J connectivity index is 1.86. The van der Waals surface area contributed by atoms with E-state index >= 15 is 0 Å². The number of Topliss-reactive ketones (excluding diaryl/α,β-unsaturated/α-hetero) is 1. The smallest absolute Gasteiger partial charge is 0.323 e. The molecule has 2 rings (SSSR count). The maximum absolute atomic E-state index is 11.8. The number of carbonyl (C=O) groups is 2. The Labute approximate surface area is 114 Å². The maximum atomic E-state index is 11.8. The third-order valence-corrected chi connectivity index (χ3v) is 3.33. The average Bonchev–Trinajstić information content (AvgIpc) is 2.89. The largest absolute Gasteiger partial charge is 0.456 e. The highest BCUT2D eigenvalue weighted by Gasteiger charge is 2.24. The first-order chi connectivity index (χ1) is 8.66. The van der Waals surface area contributed by atoms with Crippen LogP contribution in [0.4, 0.5) is 0 Å². The molecule has 96 valence electrons. The standard InChI is InChI=1S/C13H14BrNO3/c14-10-4-1-3-9(7-10)12(16)8-18-13(17)11-5-2-6-15-11/h1,3-4,7,11,15H,2,5-6,8H2. The minimum atomic E-state index is -0.337. The fourth-order valence-corrected chi connectivity index (χ4v) is 2.27. The summed E-state index contributed by atoms with van der Waals surface area (Å²) >= 11 is 3.29. The molecule has 1 atom stereocenters. The van der Waals surface area contributed by atoms with Gasteiger partial charge in [0.1, 0.15) is 6.04 Å². The van der Waals surface area contributed by atoms with Crippen LogP contribution in [0, 0.1) is 0 Å². The molecule has 0 aromatic heterocycles. The Bertz CT molecular complexity index is 455. The number of ketones is 1. The number of nitrogens with one attached hydrogen (secondary N) is 1. The van der Waals surface area contributed by atoms with E-state index < -0.39 is 0 Å². The van der Waals surface area contributed by atoms with Crippen LogP contribution in [-0.4, -0.2) is 30.9 Å². The Morgan fingerprint density at radius 2 is 2.28 bits per heavy atom. The lowest BCUT2D eigenvalue weighted by Gasteiger charge is -2.09. The number of benzene rings is 1. The number of ether oxygens (including phenoxy) is 1. The zero-order valence-electron chi connectivity index (χ0n) is 9.82. The molecule has 5 heteroatoms. The molecule has 18 heavy (non-hydrogen) atoms. The van der Waals surface area contributed by atoms with Gasteiger partial charge < -0.3 is 10.1 Å². The summed E-state index contributed by atoms with van der Waals surface area (Å²) in [6.45, 7) is 0.632. The fourth-order valence-electron chi connectivity index (χ4n) is 1.87. The van der Waals surface area contributed by atoms with Crippen molar-refractivity contribution in [1.82, 2.24) is 5.32 Å². The van der Waals surface area contributed by atoms with Gasteiger partial charge in [0.15, 0.2) is 12.4 Å². The second-order valence-electron chi connectivity index (χ2n) is 4.19. The third kappa shape index (κ3) is 3.40. The van der Waals surface area contributed by atoms with Crippen LogP contribution in [0.15, 0.2) is 28.7 Å². The Morgan fingerprint density at radius 3 is 2.94 bits per heavy atom. The molecule has 4 nitrogen and oxygen atoms in total. The first kappa shape index (κ1) is 13.2. The molecule has 1 saturated heterocycles. The summed E-state index contributed by atoms with van der Waals surface area (Å²) in [6, 6.07) is 6.78. The van der Waals surface area contributed by atoms with Gasteiger partial charge in [-0.3, -0.25) is 9.59 Å². The SMILES string of the molecule is O=C(COC(=O)C1CCCN1)c1cccc(Br)c1. The van der Waals surface area contributed by atoms with Gasteiger partial charge in [-0.05, 0) is 31.5 Å². The van der Waals surface area contributed by atoms with Crippen molar-refractivity contribution in [3.05, 3.63) is 34.3 Å². The lowest BCUT2D eigenvalue weighted by Crippen LogP contribution is -2.33. The highest BCUT2D eigenvalue weighted by Crippen LogP contribution is 2.12. The first-order valence-corrected chi connectivity index (χ1v) is 6.65. The molecule has 0 saturated carbocycles. The van der Waals surface area contributed by atoms with Crippen LogP contribution in [0.1, 0.15) is 23.2 Å². The van der Waals surface area contributed by atoms with Gasteiger partial charge in [-0.2, -0.15) is 0 Å². The normalized spacial score (nSPS) is 18.6. The molecule has 0 radical (unpaired) electrons. The zero-order valence-corrected chi connectivity index (χ0v) is 11.4. The van der Waals surface area contributed by atoms with E-state index in [0.29, 0.717) is 5.56 Å². The number of carbonyl (C=O) groups excluding carboxylic acids is 2. The predicted molar refractivity (Wildman–Crippen MR) is 70.5 cm³/mol. The van der Waals surface area contributed by atoms with Crippen LogP contribution in [0.3, 0.4) is 0 Å². The molecule has 1 unspecified atom stereocenters. The van der Waals surface area contributed by atoms with Gasteiger partial charge in [0.2, 0.25) is 0 Å². The molecule has 0 spiro atoms. The number of hydrogen-bond acceptors (Lipinski definition) is 4. The minimum absolute atomic E-state index is 0.192. The van der Waals surface area contributed by atoms with Gasteiger partial charge in [0, 0.05) is 10.0 Å². The highest BCUT2D eigenvalue weighted by atomic mass is 79.9. The number of rotatable bonds is 4. The van der Waals surface area contributed by atoms with Gasteiger partial charge in [-0.1, -0.05) is 28.1 Å². The van der Waals surface area contributed by atoms with Gasteiger partial charge in [0.25, 0.3) is 0 Å². The summed E-state index contributed by atoms with van der Waals surface area (Å²) in [6.07, 6.45) is 1.75. The zero-order chi connectivity index (χ0) is 13.0. The molecule has 1 N–H and O–H groups in total. The molecule has 1 aliphatic rings. The van der Waals surface area contributed by atoms with Crippen molar-refractivity contribution in [2.24, 2.45) is 0 Å². The van der Waals surface area contributed by atoms with Crippen molar-refractivity contribution in [1.29, 1.82) is 0 Å². The Kier molecular flexibility index (Phi) is 4.49. The Hall–Kier alpha value is -1.20. The van der Waals surface area contributed by atoms with Crippen LogP contribution < -0.4 is 5.32 Å². The highest BCUT2D eigenvalue weighted by molar-refractivity contribution is 9.10. The fraction of sp³-hybridized carbons (Fsp3) is 0.385. The summed E-state index contributed by atoms with van der Waals surface area (Å²) in [5.41, 5.74) is 0.538. The first-order valence-electron chi connectivity index (χ1n) is 5.85. The Morgan fingerprint density at radius 1 is 1.44 bits per heavy atom. The molecular formula is C13H14BrNO3. The van der Waals surface area contributed by atoms with E-state index in [1.54, 1.807) is 18.2 Å². The molecule has 0 amide bonds. The molecule has 1 aromatic rings. The lowest BCUT2D eigenvalue weighted by atomic mass is 10.1. The van der Waals surface area contributed by atoms with Gasteiger partial charge >= 0.3 is 5.97 Å². The molecule has 0 aliphatic carbocycles. The van der Waals surface area contributed by atoms with Crippen molar-refractivity contribution in [2.75, 3.05) is 13.2 Å². The van der Waals surface area contributed by atoms with Crippen molar-refractivity contribution >= 4 is 27.7 Å². The number of esters is 1. The van der Waals surface area contributed by atoms with Crippen molar-refractivity contribution in [2.45, 2.75) is 18.9 Å². The summed E-state index contributed by atoms with van der Waals surface area (Å²) in [4.78, 5) is 23.4. The van der Waals surface area contributed by atoms with E-state index in [4.69, 9.17) is 4.74 Å². The third-order valence-electron chi connectivity index (χ3n) is 2.84. The van der Waals surface area contributed by atoms with Gasteiger partial charge in [-0.15, -0.1) is 0 Å². The summed E-state index contributed by atoms with van der Waals surface area (Å²) in [5, 5.41) is 3.04. The van der Waals surface area contributed by atoms with E-state index in [-0.39, 0.29) is 24.4 Å². The second kappa shape index (κ2) is 6.11. The predicted octanol–water partition coefficient (Wildman–Crippen LogP) is 1.93. The minimum Gasteiger partial charge on any atom is -0.456 e. The van der Waals surface area contributed by atoms with E-state index in [2.05, 4.69) is 21.2 Å². The van der Waals surface area contributed by atoms with Crippen molar-refractivity contribution in [3.8, 4) is 0 Å². The van der Waals surface area contributed by atoms with Crippen LogP contribution >= 0.6 is 15.9 Å². The lowest BCUT2D eigenvalue weighted by molar-refractivity contribution is -0.144. The molecule has 1 aliphatic heterocycles. The molecule has 0 bridgehead atoms. The summed E-state index contributed by atoms with van der Waals surface area (Å²) < 4.78 is 5.85. The van der Waals surface area contributed by atoms with E-state index in [9.17, 15) is 9.59 Å². The number of halogens is 1. The van der Waals surface area contributed by atoms with Crippen LogP contribution in [0.2, 0.25) is 0 Å². The molecule has 1 fully saturated rings. The quantitative estimate of drug-likeness (QED) is 0.682. The topological polar surface area (TPSA) is 55.4 Å². The maximum Gasteiger partial charge on any atom is 0.323 e. The van der Waals surface area contributed by atoms with E-state index in [0.717, 1.165) is 23.9 Å². The molecule has 1 heterocycles. The van der Waals surface area contributed by atoms with Gasteiger partial charge in [0.05, 0.1) is 0 Å². The molecule has 1 aromatic carbocycles. The van der Waals surface area contributed by atoms with Gasteiger partial charge in [-0.25, -0.2) is 0 Å². The number of hydrogen-bond donors (Lipinski definition) is 1. The second-order valence-corrected chi connectivity index (χ2v) is 5.11. The van der Waals surface area contributed by atoms with Crippen molar-refractivity contribution in [3.63, 3.8) is 0 Å². The van der Waals surface area contributed by atoms with Crippen LogP contribution in [0.25, 0.3) is 0 Å². The average molecular weight is 312 g/mol. The van der Waals surface area contributed by atoms with Crippen LogP contribution in [-0.2, 0) is 9.53 Å². The monoisotopic (exact) mass is 311 g/mol.